The summed E-state index contributed by atoms with van der Waals surface area (Å²) in [5, 5.41) is 10.2. The van der Waals surface area contributed by atoms with Crippen LogP contribution in [0.4, 0.5) is 8.78 Å². The molecular weight excluding hydrogens is 438 g/mol. The van der Waals surface area contributed by atoms with Crippen molar-refractivity contribution in [3.05, 3.63) is 75.5 Å². The first-order valence-electron chi connectivity index (χ1n) is 10.4. The Balaban J connectivity index is 0.00000289. The van der Waals surface area contributed by atoms with Crippen LogP contribution in [0, 0.1) is 5.82 Å². The van der Waals surface area contributed by atoms with Crippen LogP contribution < -0.4 is 10.9 Å². The van der Waals surface area contributed by atoms with E-state index in [9.17, 15) is 14.0 Å². The van der Waals surface area contributed by atoms with Gasteiger partial charge in [0.1, 0.15) is 11.5 Å². The van der Waals surface area contributed by atoms with E-state index in [1.54, 1.807) is 29.2 Å². The van der Waals surface area contributed by atoms with Gasteiger partial charge in [-0.3, -0.25) is 9.59 Å². The number of fused-ring (bicyclic) bond motifs is 1. The fourth-order valence-corrected chi connectivity index (χ4v) is 3.78. The molecular formula is C23H25ClF2N4O2. The summed E-state index contributed by atoms with van der Waals surface area (Å²) in [6, 6.07) is 10.4. The minimum atomic E-state index is -1.73. The number of halogens is 3. The zero-order valence-corrected chi connectivity index (χ0v) is 18.4. The van der Waals surface area contributed by atoms with Gasteiger partial charge in [0.25, 0.3) is 11.5 Å². The van der Waals surface area contributed by atoms with Gasteiger partial charge in [0.15, 0.2) is 6.17 Å². The van der Waals surface area contributed by atoms with Gasteiger partial charge in [-0.15, -0.1) is 12.4 Å². The van der Waals surface area contributed by atoms with Crippen LogP contribution in [0.1, 0.15) is 47.6 Å². The number of H-pyrrole nitrogens is 1. The molecule has 1 saturated heterocycles. The molecule has 0 radical (unpaired) electrons. The normalized spacial score (nSPS) is 14.7. The Morgan fingerprint density at radius 3 is 2.69 bits per heavy atom. The summed E-state index contributed by atoms with van der Waals surface area (Å²) in [6.45, 7) is 3.99. The number of benzene rings is 2. The predicted octanol–water partition coefficient (Wildman–Crippen LogP) is 3.76. The number of nitrogens with zero attached hydrogens (tertiary/aromatic N) is 2. The Labute approximate surface area is 190 Å². The Kier molecular flexibility index (Phi) is 7.58. The molecule has 1 aliphatic rings. The molecule has 32 heavy (non-hydrogen) atoms. The van der Waals surface area contributed by atoms with E-state index in [0.29, 0.717) is 23.9 Å². The highest BCUT2D eigenvalue weighted by molar-refractivity contribution is 5.95. The first-order valence-corrected chi connectivity index (χ1v) is 10.4. The molecule has 1 amide bonds. The second-order valence-electron chi connectivity index (χ2n) is 7.80. The maximum atomic E-state index is 15.4. The Morgan fingerprint density at radius 1 is 1.25 bits per heavy atom. The fraction of sp³-hybridized carbons (Fsp3) is 0.348. The van der Waals surface area contributed by atoms with E-state index in [0.717, 1.165) is 25.5 Å². The maximum Gasteiger partial charge on any atom is 0.272 e. The summed E-state index contributed by atoms with van der Waals surface area (Å²) in [6.07, 6.45) is 0.421. The van der Waals surface area contributed by atoms with Crippen molar-refractivity contribution in [2.24, 2.45) is 0 Å². The number of rotatable bonds is 7. The number of carbonyl (C=O) groups excluding carboxylic acids is 1. The second-order valence-corrected chi connectivity index (χ2v) is 7.80. The minimum Gasteiger partial charge on any atom is -0.335 e. The van der Waals surface area contributed by atoms with Crippen molar-refractivity contribution in [2.45, 2.75) is 32.0 Å². The summed E-state index contributed by atoms with van der Waals surface area (Å²) in [5.74, 6) is -1.15. The van der Waals surface area contributed by atoms with Crippen molar-refractivity contribution in [2.75, 3.05) is 19.6 Å². The van der Waals surface area contributed by atoms with Crippen LogP contribution in [-0.4, -0.2) is 46.7 Å². The second kappa shape index (κ2) is 10.2. The number of likely N-dealkylation sites (tertiary alicyclic amines) is 1. The van der Waals surface area contributed by atoms with Crippen LogP contribution in [0.3, 0.4) is 0 Å². The number of hydrogen-bond acceptors (Lipinski definition) is 4. The lowest BCUT2D eigenvalue weighted by Crippen LogP contribution is -2.60. The Hall–Kier alpha value is -2.84. The predicted molar refractivity (Wildman–Crippen MR) is 122 cm³/mol. The molecule has 170 valence electrons. The monoisotopic (exact) mass is 462 g/mol. The van der Waals surface area contributed by atoms with Crippen LogP contribution in [0.2, 0.25) is 0 Å². The average Bonchev–Trinajstić information content (AvgIpc) is 2.75. The van der Waals surface area contributed by atoms with E-state index >= 15 is 4.39 Å². The maximum absolute atomic E-state index is 15.4. The molecule has 4 rings (SSSR count). The van der Waals surface area contributed by atoms with Gasteiger partial charge >= 0.3 is 0 Å². The third kappa shape index (κ3) is 4.66. The highest BCUT2D eigenvalue weighted by Crippen LogP contribution is 2.30. The first kappa shape index (κ1) is 23.8. The molecule has 0 spiro atoms. The molecule has 3 aromatic rings. The molecule has 0 saturated carbocycles. The summed E-state index contributed by atoms with van der Waals surface area (Å²) in [4.78, 5) is 26.3. The topological polar surface area (TPSA) is 78.1 Å². The number of amides is 1. The molecule has 2 heterocycles. The summed E-state index contributed by atoms with van der Waals surface area (Å²) in [5.41, 5.74) is -0.459. The quantitative estimate of drug-likeness (QED) is 0.524. The fourth-order valence-electron chi connectivity index (χ4n) is 3.78. The van der Waals surface area contributed by atoms with E-state index in [1.807, 2.05) is 0 Å². The molecule has 1 atom stereocenters. The lowest BCUT2D eigenvalue weighted by molar-refractivity contribution is 0.0562. The van der Waals surface area contributed by atoms with Crippen LogP contribution in [0.15, 0.2) is 47.3 Å². The number of carbonyl (C=O) groups is 1. The van der Waals surface area contributed by atoms with E-state index in [-0.39, 0.29) is 35.3 Å². The molecule has 9 heteroatoms. The van der Waals surface area contributed by atoms with Gasteiger partial charge in [0, 0.05) is 24.5 Å². The van der Waals surface area contributed by atoms with E-state index in [1.165, 1.54) is 12.1 Å². The molecule has 2 N–H and O–H groups in total. The van der Waals surface area contributed by atoms with Crippen molar-refractivity contribution < 1.29 is 13.6 Å². The number of aromatic amines is 1. The van der Waals surface area contributed by atoms with Gasteiger partial charge in [-0.05, 0) is 36.7 Å². The van der Waals surface area contributed by atoms with Crippen molar-refractivity contribution in [1.82, 2.24) is 20.4 Å². The highest BCUT2D eigenvalue weighted by Gasteiger charge is 2.32. The van der Waals surface area contributed by atoms with Crippen molar-refractivity contribution >= 4 is 29.1 Å². The molecule has 2 aromatic carbocycles. The van der Waals surface area contributed by atoms with Crippen molar-refractivity contribution in [1.29, 1.82) is 0 Å². The van der Waals surface area contributed by atoms with Crippen LogP contribution in [0.25, 0.3) is 10.8 Å². The van der Waals surface area contributed by atoms with Gasteiger partial charge in [0.2, 0.25) is 0 Å². The van der Waals surface area contributed by atoms with Gasteiger partial charge < -0.3 is 10.2 Å². The third-order valence-electron chi connectivity index (χ3n) is 5.61. The Bertz CT molecular complexity index is 1160. The molecule has 1 aromatic heterocycles. The largest absolute Gasteiger partial charge is 0.335 e. The minimum absolute atomic E-state index is 0. The number of hydrogen-bond donors (Lipinski definition) is 2. The molecule has 1 aliphatic heterocycles. The van der Waals surface area contributed by atoms with Crippen LogP contribution >= 0.6 is 12.4 Å². The lowest BCUT2D eigenvalue weighted by Gasteiger charge is -2.40. The molecule has 1 fully saturated rings. The molecule has 0 bridgehead atoms. The summed E-state index contributed by atoms with van der Waals surface area (Å²) >= 11 is 0. The van der Waals surface area contributed by atoms with Gasteiger partial charge in [-0.2, -0.15) is 5.10 Å². The van der Waals surface area contributed by atoms with Crippen molar-refractivity contribution in [3.8, 4) is 0 Å². The summed E-state index contributed by atoms with van der Waals surface area (Å²) < 4.78 is 29.8. The third-order valence-corrected chi connectivity index (χ3v) is 5.61. The highest BCUT2D eigenvalue weighted by atomic mass is 35.5. The van der Waals surface area contributed by atoms with Gasteiger partial charge in [0.05, 0.1) is 10.9 Å². The van der Waals surface area contributed by atoms with Gasteiger partial charge in [-0.25, -0.2) is 13.9 Å². The zero-order chi connectivity index (χ0) is 22.0. The average molecular weight is 463 g/mol. The van der Waals surface area contributed by atoms with Crippen molar-refractivity contribution in [3.63, 3.8) is 0 Å². The Morgan fingerprint density at radius 2 is 1.97 bits per heavy atom. The van der Waals surface area contributed by atoms with E-state index in [2.05, 4.69) is 22.4 Å². The first-order chi connectivity index (χ1) is 15.0. The SMILES string of the molecule is CCCCNC1CN(C(=O)c2cc(C(F)c3n[nH]c(=O)c4ccccc34)ccc2F)C1.Cl. The smallest absolute Gasteiger partial charge is 0.272 e. The molecule has 0 aliphatic carbocycles. The standard InChI is InChI=1S/C23H24F2N4O2.ClH/c1-2-3-10-26-15-12-29(13-15)23(31)18-11-14(8-9-19(18)24)20(25)21-16-6-4-5-7-17(16)22(30)28-27-21;/h4-9,11,15,20,26H,2-3,10,12-13H2,1H3,(H,28,30);1H. The zero-order valence-electron chi connectivity index (χ0n) is 17.6. The van der Waals surface area contributed by atoms with Crippen LogP contribution in [-0.2, 0) is 0 Å². The molecule has 6 nitrogen and oxygen atoms in total. The number of nitrogens with one attached hydrogen (secondary N) is 2. The van der Waals surface area contributed by atoms with E-state index in [4.69, 9.17) is 0 Å². The number of alkyl halides is 1. The van der Waals surface area contributed by atoms with E-state index < -0.39 is 23.5 Å². The summed E-state index contributed by atoms with van der Waals surface area (Å²) in [7, 11) is 0. The lowest BCUT2D eigenvalue weighted by atomic mass is 9.99. The molecule has 1 unspecified atom stereocenters. The number of aromatic nitrogens is 2. The number of unbranched alkanes of at least 4 members (excludes halogenated alkanes) is 1. The van der Waals surface area contributed by atoms with Crippen LogP contribution in [0.5, 0.6) is 0 Å². The van der Waals surface area contributed by atoms with Gasteiger partial charge in [-0.1, -0.05) is 37.6 Å².